The smallest absolute Gasteiger partial charge is 0.253 e. The van der Waals surface area contributed by atoms with Crippen molar-refractivity contribution < 1.29 is 9.18 Å². The molecule has 1 heterocycles. The van der Waals surface area contributed by atoms with Gasteiger partial charge in [0.2, 0.25) is 0 Å². The van der Waals surface area contributed by atoms with Crippen molar-refractivity contribution in [3.05, 3.63) is 41.7 Å². The van der Waals surface area contributed by atoms with Gasteiger partial charge in [-0.05, 0) is 18.6 Å². The van der Waals surface area contributed by atoms with Gasteiger partial charge in [0.25, 0.3) is 5.91 Å². The molecule has 1 amide bonds. The average Bonchev–Trinajstić information content (AvgIpc) is 2.96. The molecule has 3 N–H and O–H groups in total. The molecule has 1 aromatic carbocycles. The van der Waals surface area contributed by atoms with Crippen molar-refractivity contribution >= 4 is 11.6 Å². The van der Waals surface area contributed by atoms with E-state index in [-0.39, 0.29) is 23.7 Å². The Labute approximate surface area is 115 Å². The number of carbonyl (C=O) groups excluding carboxylic acids is 1. The van der Waals surface area contributed by atoms with E-state index >= 15 is 0 Å². The number of H-pyrrole nitrogens is 1. The van der Waals surface area contributed by atoms with E-state index in [0.29, 0.717) is 12.4 Å². The zero-order valence-electron chi connectivity index (χ0n) is 11.1. The summed E-state index contributed by atoms with van der Waals surface area (Å²) in [7, 11) is 0. The number of hydrogen-bond donors (Lipinski definition) is 3. The van der Waals surface area contributed by atoms with Gasteiger partial charge in [-0.25, -0.2) is 9.37 Å². The first-order chi connectivity index (χ1) is 9.72. The number of carbonyl (C=O) groups is 1. The molecular weight excluding hydrogens is 261 g/mol. The molecule has 20 heavy (non-hydrogen) atoms. The standard InChI is InChI=1S/C13H16FN5O/c1-2-6-15-12-9(4-3-5-10(12)14)13(20)16-7-11-17-8-18-19-11/h3-5,8,15H,2,6-7H2,1H3,(H,16,20)(H,17,18,19). The second kappa shape index (κ2) is 6.65. The lowest BCUT2D eigenvalue weighted by Gasteiger charge is -2.12. The predicted molar refractivity (Wildman–Crippen MR) is 72.7 cm³/mol. The van der Waals surface area contributed by atoms with Gasteiger partial charge in [-0.1, -0.05) is 13.0 Å². The maximum Gasteiger partial charge on any atom is 0.253 e. The predicted octanol–water partition coefficient (Wildman–Crippen LogP) is 1.70. The lowest BCUT2D eigenvalue weighted by atomic mass is 10.1. The van der Waals surface area contributed by atoms with Crippen molar-refractivity contribution in [3.63, 3.8) is 0 Å². The van der Waals surface area contributed by atoms with Crippen LogP contribution in [0.5, 0.6) is 0 Å². The molecule has 0 saturated heterocycles. The maximum atomic E-state index is 13.8. The number of nitrogens with zero attached hydrogens (tertiary/aromatic N) is 2. The summed E-state index contributed by atoms with van der Waals surface area (Å²) in [6, 6.07) is 4.41. The molecule has 0 saturated carbocycles. The third-order valence-corrected chi connectivity index (χ3v) is 2.69. The van der Waals surface area contributed by atoms with Crippen LogP contribution in [-0.2, 0) is 6.54 Å². The van der Waals surface area contributed by atoms with Gasteiger partial charge in [0, 0.05) is 6.54 Å². The van der Waals surface area contributed by atoms with Gasteiger partial charge in [0.05, 0.1) is 17.8 Å². The largest absolute Gasteiger partial charge is 0.382 e. The fraction of sp³-hybridized carbons (Fsp3) is 0.308. The minimum absolute atomic E-state index is 0.211. The minimum Gasteiger partial charge on any atom is -0.382 e. The number of benzene rings is 1. The fourth-order valence-electron chi connectivity index (χ4n) is 1.72. The molecule has 0 aliphatic carbocycles. The van der Waals surface area contributed by atoms with E-state index in [2.05, 4.69) is 25.8 Å². The summed E-state index contributed by atoms with van der Waals surface area (Å²) in [4.78, 5) is 16.0. The van der Waals surface area contributed by atoms with Crippen molar-refractivity contribution in [2.24, 2.45) is 0 Å². The second-order valence-corrected chi connectivity index (χ2v) is 4.20. The Kier molecular flexibility index (Phi) is 4.65. The Bertz CT molecular complexity index is 570. The first-order valence-electron chi connectivity index (χ1n) is 6.37. The number of halogens is 1. The number of para-hydroxylation sites is 1. The number of hydrogen-bond acceptors (Lipinski definition) is 4. The van der Waals surface area contributed by atoms with Crippen molar-refractivity contribution in [1.29, 1.82) is 0 Å². The molecule has 0 atom stereocenters. The summed E-state index contributed by atoms with van der Waals surface area (Å²) in [5, 5.41) is 11.9. The third-order valence-electron chi connectivity index (χ3n) is 2.69. The highest BCUT2D eigenvalue weighted by Gasteiger charge is 2.14. The number of rotatable bonds is 6. The minimum atomic E-state index is -0.439. The molecule has 0 unspecified atom stereocenters. The van der Waals surface area contributed by atoms with E-state index in [4.69, 9.17) is 0 Å². The van der Waals surface area contributed by atoms with Crippen molar-refractivity contribution in [2.45, 2.75) is 19.9 Å². The van der Waals surface area contributed by atoms with E-state index in [1.54, 1.807) is 6.07 Å². The monoisotopic (exact) mass is 277 g/mol. The molecule has 0 radical (unpaired) electrons. The highest BCUT2D eigenvalue weighted by molar-refractivity contribution is 5.99. The SMILES string of the molecule is CCCNc1c(F)cccc1C(=O)NCc1ncn[nH]1. The van der Waals surface area contributed by atoms with E-state index in [9.17, 15) is 9.18 Å². The normalized spacial score (nSPS) is 10.3. The number of aromatic nitrogens is 3. The van der Waals surface area contributed by atoms with Crippen LogP contribution in [-0.4, -0.2) is 27.6 Å². The van der Waals surface area contributed by atoms with Crippen LogP contribution in [0.2, 0.25) is 0 Å². The van der Waals surface area contributed by atoms with Crippen LogP contribution < -0.4 is 10.6 Å². The molecule has 0 spiro atoms. The number of nitrogens with one attached hydrogen (secondary N) is 3. The van der Waals surface area contributed by atoms with Gasteiger partial charge in [0.15, 0.2) is 0 Å². The highest BCUT2D eigenvalue weighted by atomic mass is 19.1. The molecule has 0 fully saturated rings. The maximum absolute atomic E-state index is 13.8. The Morgan fingerprint density at radius 2 is 2.30 bits per heavy atom. The molecule has 0 aliphatic rings. The molecule has 0 bridgehead atoms. The molecule has 6 nitrogen and oxygen atoms in total. The van der Waals surface area contributed by atoms with Gasteiger partial charge >= 0.3 is 0 Å². The highest BCUT2D eigenvalue weighted by Crippen LogP contribution is 2.19. The Hall–Kier alpha value is -2.44. The summed E-state index contributed by atoms with van der Waals surface area (Å²) in [5.74, 6) is -0.261. The Balaban J connectivity index is 2.10. The second-order valence-electron chi connectivity index (χ2n) is 4.20. The third kappa shape index (κ3) is 3.31. The number of amides is 1. The zero-order valence-corrected chi connectivity index (χ0v) is 11.1. The first kappa shape index (κ1) is 14.0. The van der Waals surface area contributed by atoms with Crippen LogP contribution >= 0.6 is 0 Å². The van der Waals surface area contributed by atoms with Crippen LogP contribution in [0.15, 0.2) is 24.5 Å². The molecule has 7 heteroatoms. The lowest BCUT2D eigenvalue weighted by molar-refractivity contribution is 0.0950. The summed E-state index contributed by atoms with van der Waals surface area (Å²) in [5.41, 5.74) is 0.502. The van der Waals surface area contributed by atoms with E-state index in [0.717, 1.165) is 6.42 Å². The van der Waals surface area contributed by atoms with Gasteiger partial charge in [-0.3, -0.25) is 9.89 Å². The number of anilines is 1. The van der Waals surface area contributed by atoms with Gasteiger partial charge in [0.1, 0.15) is 18.0 Å². The van der Waals surface area contributed by atoms with Crippen LogP contribution in [0.3, 0.4) is 0 Å². The van der Waals surface area contributed by atoms with E-state index < -0.39 is 5.82 Å². The topological polar surface area (TPSA) is 82.7 Å². The molecular formula is C13H16FN5O. The molecule has 106 valence electrons. The van der Waals surface area contributed by atoms with Gasteiger partial charge in [-0.15, -0.1) is 0 Å². The van der Waals surface area contributed by atoms with Crippen molar-refractivity contribution in [1.82, 2.24) is 20.5 Å². The van der Waals surface area contributed by atoms with Gasteiger partial charge in [-0.2, -0.15) is 5.10 Å². The van der Waals surface area contributed by atoms with Crippen LogP contribution in [0, 0.1) is 5.82 Å². The average molecular weight is 277 g/mol. The summed E-state index contributed by atoms with van der Waals surface area (Å²) in [6.07, 6.45) is 2.20. The Morgan fingerprint density at radius 3 is 3.00 bits per heavy atom. The molecule has 2 aromatic rings. The zero-order chi connectivity index (χ0) is 14.4. The van der Waals surface area contributed by atoms with Crippen LogP contribution in [0.1, 0.15) is 29.5 Å². The van der Waals surface area contributed by atoms with Gasteiger partial charge < -0.3 is 10.6 Å². The lowest BCUT2D eigenvalue weighted by Crippen LogP contribution is -2.25. The van der Waals surface area contributed by atoms with Crippen LogP contribution in [0.4, 0.5) is 10.1 Å². The first-order valence-corrected chi connectivity index (χ1v) is 6.37. The molecule has 0 aliphatic heterocycles. The van der Waals surface area contributed by atoms with Crippen LogP contribution in [0.25, 0.3) is 0 Å². The summed E-state index contributed by atoms with van der Waals surface area (Å²) >= 11 is 0. The van der Waals surface area contributed by atoms with E-state index in [1.807, 2.05) is 6.92 Å². The summed E-state index contributed by atoms with van der Waals surface area (Å²) < 4.78 is 13.8. The Morgan fingerprint density at radius 1 is 1.45 bits per heavy atom. The molecule has 1 aromatic heterocycles. The summed E-state index contributed by atoms with van der Waals surface area (Å²) in [6.45, 7) is 2.78. The van der Waals surface area contributed by atoms with E-state index in [1.165, 1.54) is 18.5 Å². The van der Waals surface area contributed by atoms with Crippen molar-refractivity contribution in [2.75, 3.05) is 11.9 Å². The quantitative estimate of drug-likeness (QED) is 0.750. The fourth-order valence-corrected chi connectivity index (χ4v) is 1.72. The molecule has 2 rings (SSSR count). The van der Waals surface area contributed by atoms with Crippen molar-refractivity contribution in [3.8, 4) is 0 Å². The number of aromatic amines is 1.